The van der Waals surface area contributed by atoms with Gasteiger partial charge < -0.3 is 10.1 Å². The van der Waals surface area contributed by atoms with Gasteiger partial charge in [0.1, 0.15) is 5.60 Å². The SMILES string of the molecule is CC(C)(C)OC(=O)N[C@H](c1ccccc1)C(C#N)C#N. The van der Waals surface area contributed by atoms with Crippen LogP contribution in [-0.4, -0.2) is 11.7 Å². The van der Waals surface area contributed by atoms with Crippen molar-refractivity contribution in [1.82, 2.24) is 5.32 Å². The Balaban J connectivity index is 2.94. The molecule has 1 N–H and O–H groups in total. The lowest BCUT2D eigenvalue weighted by Crippen LogP contribution is -2.37. The number of ether oxygens (including phenoxy) is 1. The van der Waals surface area contributed by atoms with Crippen molar-refractivity contribution in [3.8, 4) is 12.1 Å². The van der Waals surface area contributed by atoms with Gasteiger partial charge >= 0.3 is 6.09 Å². The molecule has 0 bridgehead atoms. The van der Waals surface area contributed by atoms with E-state index in [4.69, 9.17) is 15.3 Å². The van der Waals surface area contributed by atoms with Crippen LogP contribution in [0, 0.1) is 28.6 Å². The second kappa shape index (κ2) is 6.58. The predicted octanol–water partition coefficient (Wildman–Crippen LogP) is 2.92. The molecule has 0 saturated heterocycles. The minimum Gasteiger partial charge on any atom is -0.444 e. The van der Waals surface area contributed by atoms with E-state index in [0.717, 1.165) is 0 Å². The molecule has 5 heteroatoms. The molecule has 20 heavy (non-hydrogen) atoms. The molecule has 104 valence electrons. The molecule has 0 unspecified atom stereocenters. The Labute approximate surface area is 118 Å². The molecule has 1 rings (SSSR count). The number of amides is 1. The molecule has 0 aliphatic carbocycles. The molecule has 0 heterocycles. The van der Waals surface area contributed by atoms with Crippen LogP contribution in [0.1, 0.15) is 32.4 Å². The fourth-order valence-corrected chi connectivity index (χ4v) is 1.63. The Hall–Kier alpha value is -2.53. The van der Waals surface area contributed by atoms with Crippen LogP contribution in [0.3, 0.4) is 0 Å². The highest BCUT2D eigenvalue weighted by molar-refractivity contribution is 5.68. The number of carbonyl (C=O) groups is 1. The maximum atomic E-state index is 11.8. The first-order valence-corrected chi connectivity index (χ1v) is 6.21. The molecule has 0 aromatic heterocycles. The summed E-state index contributed by atoms with van der Waals surface area (Å²) in [5.74, 6) is -0.982. The molecule has 0 radical (unpaired) electrons. The van der Waals surface area contributed by atoms with Gasteiger partial charge in [-0.15, -0.1) is 0 Å². The highest BCUT2D eigenvalue weighted by Gasteiger charge is 2.27. The second-order valence-electron chi connectivity index (χ2n) is 5.27. The molecule has 1 amide bonds. The van der Waals surface area contributed by atoms with Crippen molar-refractivity contribution >= 4 is 6.09 Å². The summed E-state index contributed by atoms with van der Waals surface area (Å²) in [6.07, 6.45) is -0.651. The van der Waals surface area contributed by atoms with Crippen molar-refractivity contribution < 1.29 is 9.53 Å². The Morgan fingerprint density at radius 2 is 1.75 bits per heavy atom. The first-order chi connectivity index (χ1) is 9.37. The number of benzene rings is 1. The highest BCUT2D eigenvalue weighted by atomic mass is 16.6. The van der Waals surface area contributed by atoms with E-state index in [1.807, 2.05) is 18.2 Å². The summed E-state index contributed by atoms with van der Waals surface area (Å²) in [5, 5.41) is 20.7. The predicted molar refractivity (Wildman–Crippen MR) is 73.3 cm³/mol. The van der Waals surface area contributed by atoms with Crippen molar-refractivity contribution in [3.63, 3.8) is 0 Å². The van der Waals surface area contributed by atoms with Crippen LogP contribution in [0.5, 0.6) is 0 Å². The molecule has 0 spiro atoms. The lowest BCUT2D eigenvalue weighted by Gasteiger charge is -2.24. The van der Waals surface area contributed by atoms with E-state index >= 15 is 0 Å². The first-order valence-electron chi connectivity index (χ1n) is 6.21. The van der Waals surface area contributed by atoms with Crippen molar-refractivity contribution in [2.24, 2.45) is 5.92 Å². The molecule has 1 aromatic carbocycles. The highest BCUT2D eigenvalue weighted by Crippen LogP contribution is 2.22. The summed E-state index contributed by atoms with van der Waals surface area (Å²) >= 11 is 0. The molecular formula is C15H17N3O2. The van der Waals surface area contributed by atoms with Gasteiger partial charge in [-0.05, 0) is 26.3 Å². The minimum absolute atomic E-state index is 0.639. The molecule has 0 aliphatic rings. The molecular weight excluding hydrogens is 254 g/mol. The van der Waals surface area contributed by atoms with Crippen LogP contribution < -0.4 is 5.32 Å². The van der Waals surface area contributed by atoms with E-state index in [9.17, 15) is 4.79 Å². The maximum absolute atomic E-state index is 11.8. The molecule has 0 fully saturated rings. The van der Waals surface area contributed by atoms with Crippen LogP contribution in [-0.2, 0) is 4.74 Å². The van der Waals surface area contributed by atoms with Gasteiger partial charge in [0.15, 0.2) is 5.92 Å². The maximum Gasteiger partial charge on any atom is 0.408 e. The van der Waals surface area contributed by atoms with Crippen molar-refractivity contribution in [2.45, 2.75) is 32.4 Å². The lowest BCUT2D eigenvalue weighted by atomic mass is 9.95. The Morgan fingerprint density at radius 1 is 1.20 bits per heavy atom. The van der Waals surface area contributed by atoms with Crippen LogP contribution in [0.2, 0.25) is 0 Å². The van der Waals surface area contributed by atoms with Crippen LogP contribution in [0.4, 0.5) is 4.79 Å². The van der Waals surface area contributed by atoms with Gasteiger partial charge in [0, 0.05) is 0 Å². The summed E-state index contributed by atoms with van der Waals surface area (Å²) in [6.45, 7) is 5.24. The Kier molecular flexibility index (Phi) is 5.11. The van der Waals surface area contributed by atoms with E-state index in [2.05, 4.69) is 5.32 Å². The summed E-state index contributed by atoms with van der Waals surface area (Å²) < 4.78 is 5.16. The third-order valence-electron chi connectivity index (χ3n) is 2.44. The van der Waals surface area contributed by atoms with Crippen molar-refractivity contribution in [1.29, 1.82) is 10.5 Å². The second-order valence-corrected chi connectivity index (χ2v) is 5.27. The summed E-state index contributed by atoms with van der Waals surface area (Å²) in [7, 11) is 0. The normalized spacial score (nSPS) is 12.1. The topological polar surface area (TPSA) is 85.9 Å². The molecule has 5 nitrogen and oxygen atoms in total. The van der Waals surface area contributed by atoms with E-state index in [0.29, 0.717) is 5.56 Å². The molecule has 0 saturated carbocycles. The summed E-state index contributed by atoms with van der Waals surface area (Å²) in [6, 6.07) is 11.9. The van der Waals surface area contributed by atoms with Gasteiger partial charge in [-0.1, -0.05) is 30.3 Å². The zero-order valence-corrected chi connectivity index (χ0v) is 11.8. The fraction of sp³-hybridized carbons (Fsp3) is 0.400. The number of nitrogens with one attached hydrogen (secondary N) is 1. The quantitative estimate of drug-likeness (QED) is 0.915. The first kappa shape index (κ1) is 15.5. The zero-order valence-electron chi connectivity index (χ0n) is 11.8. The van der Waals surface area contributed by atoms with Crippen LogP contribution >= 0.6 is 0 Å². The van der Waals surface area contributed by atoms with Crippen molar-refractivity contribution in [2.75, 3.05) is 0 Å². The van der Waals surface area contributed by atoms with E-state index in [-0.39, 0.29) is 0 Å². The van der Waals surface area contributed by atoms with Crippen molar-refractivity contribution in [3.05, 3.63) is 35.9 Å². The third kappa shape index (κ3) is 4.62. The van der Waals surface area contributed by atoms with Gasteiger partial charge in [0.2, 0.25) is 0 Å². The third-order valence-corrected chi connectivity index (χ3v) is 2.44. The average Bonchev–Trinajstić information content (AvgIpc) is 2.38. The Bertz CT molecular complexity index is 521. The zero-order chi connectivity index (χ0) is 15.2. The fourth-order valence-electron chi connectivity index (χ4n) is 1.63. The van der Waals surface area contributed by atoms with Gasteiger partial charge in [0.25, 0.3) is 0 Å². The molecule has 1 aromatic rings. The van der Waals surface area contributed by atoms with Gasteiger partial charge in [0.05, 0.1) is 18.2 Å². The minimum atomic E-state index is -0.982. The number of rotatable bonds is 3. The van der Waals surface area contributed by atoms with Gasteiger partial charge in [-0.2, -0.15) is 10.5 Å². The van der Waals surface area contributed by atoms with E-state index in [1.54, 1.807) is 45.0 Å². The van der Waals surface area contributed by atoms with Crippen LogP contribution in [0.25, 0.3) is 0 Å². The largest absolute Gasteiger partial charge is 0.444 e. The van der Waals surface area contributed by atoms with E-state index in [1.165, 1.54) is 0 Å². The van der Waals surface area contributed by atoms with E-state index < -0.39 is 23.7 Å². The number of alkyl carbamates (subject to hydrolysis) is 1. The summed E-state index contributed by atoms with van der Waals surface area (Å²) in [4.78, 5) is 11.8. The number of hydrogen-bond donors (Lipinski definition) is 1. The standard InChI is InChI=1S/C15H17N3O2/c1-15(2,3)20-14(19)18-13(12(9-16)10-17)11-7-5-4-6-8-11/h4-8,12-13H,1-3H3,(H,18,19)/t13-/m1/s1. The number of nitriles is 2. The lowest BCUT2D eigenvalue weighted by molar-refractivity contribution is 0.0498. The van der Waals surface area contributed by atoms with Gasteiger partial charge in [-0.3, -0.25) is 0 Å². The Morgan fingerprint density at radius 3 is 2.20 bits per heavy atom. The van der Waals surface area contributed by atoms with Gasteiger partial charge in [-0.25, -0.2) is 4.79 Å². The van der Waals surface area contributed by atoms with Crippen LogP contribution in [0.15, 0.2) is 30.3 Å². The number of hydrogen-bond acceptors (Lipinski definition) is 4. The number of nitrogens with zero attached hydrogens (tertiary/aromatic N) is 2. The smallest absolute Gasteiger partial charge is 0.408 e. The molecule has 1 atom stereocenters. The summed E-state index contributed by atoms with van der Waals surface area (Å²) in [5.41, 5.74) is 0.0478. The molecule has 0 aliphatic heterocycles. The number of carbonyl (C=O) groups excluding carboxylic acids is 1. The monoisotopic (exact) mass is 271 g/mol. The average molecular weight is 271 g/mol.